The monoisotopic (exact) mass is 320 g/mol. The molecule has 0 aliphatic rings. The summed E-state index contributed by atoms with van der Waals surface area (Å²) in [6.45, 7) is -0.460. The van der Waals surface area contributed by atoms with Gasteiger partial charge in [-0.2, -0.15) is 0 Å². The number of thioether (sulfide) groups is 1. The fourth-order valence-corrected chi connectivity index (χ4v) is 2.22. The van der Waals surface area contributed by atoms with Gasteiger partial charge in [-0.25, -0.2) is 14.2 Å². The minimum Gasteiger partial charge on any atom is -0.452 e. The van der Waals surface area contributed by atoms with E-state index in [0.717, 1.165) is 0 Å². The first kappa shape index (κ1) is 16.0. The standard InChI is InChI=1S/C15H13FN2O3S/c1-22-14-12(6-3-7-17-14)15(20)21-9-13(19)18-11-5-2-4-10(16)8-11/h2-8H,9H2,1H3,(H,18,19). The molecule has 0 aliphatic heterocycles. The molecule has 22 heavy (non-hydrogen) atoms. The van der Waals surface area contributed by atoms with Crippen molar-refractivity contribution >= 4 is 29.3 Å². The third-order valence-corrected chi connectivity index (χ3v) is 3.34. The number of hydrogen-bond acceptors (Lipinski definition) is 5. The maximum absolute atomic E-state index is 13.0. The normalized spacial score (nSPS) is 10.1. The summed E-state index contributed by atoms with van der Waals surface area (Å²) in [7, 11) is 0. The first-order chi connectivity index (χ1) is 10.6. The van der Waals surface area contributed by atoms with Gasteiger partial charge in [0.05, 0.1) is 5.56 Å². The lowest BCUT2D eigenvalue weighted by Gasteiger charge is -2.08. The van der Waals surface area contributed by atoms with Crippen molar-refractivity contribution in [2.75, 3.05) is 18.2 Å². The van der Waals surface area contributed by atoms with E-state index in [1.54, 1.807) is 24.6 Å². The van der Waals surface area contributed by atoms with E-state index in [0.29, 0.717) is 16.3 Å². The second-order valence-electron chi connectivity index (χ2n) is 4.19. The molecule has 1 amide bonds. The van der Waals surface area contributed by atoms with Crippen LogP contribution in [0.5, 0.6) is 0 Å². The number of carbonyl (C=O) groups excluding carboxylic acids is 2. The Morgan fingerprint density at radius 2 is 2.14 bits per heavy atom. The minimum absolute atomic E-state index is 0.298. The number of anilines is 1. The molecule has 0 aliphatic carbocycles. The number of aromatic nitrogens is 1. The summed E-state index contributed by atoms with van der Waals surface area (Å²) < 4.78 is 17.9. The Bertz CT molecular complexity index is 694. The lowest BCUT2D eigenvalue weighted by molar-refractivity contribution is -0.119. The van der Waals surface area contributed by atoms with E-state index in [-0.39, 0.29) is 0 Å². The molecule has 5 nitrogen and oxygen atoms in total. The number of halogens is 1. The number of benzene rings is 1. The van der Waals surface area contributed by atoms with Crippen molar-refractivity contribution in [3.8, 4) is 0 Å². The van der Waals surface area contributed by atoms with Gasteiger partial charge in [0, 0.05) is 11.9 Å². The van der Waals surface area contributed by atoms with Crippen LogP contribution in [0.4, 0.5) is 10.1 Å². The van der Waals surface area contributed by atoms with Crippen molar-refractivity contribution in [3.63, 3.8) is 0 Å². The number of carbonyl (C=O) groups is 2. The zero-order valence-electron chi connectivity index (χ0n) is 11.7. The van der Waals surface area contributed by atoms with Crippen LogP contribution in [0, 0.1) is 5.82 Å². The van der Waals surface area contributed by atoms with Crippen LogP contribution in [0.15, 0.2) is 47.6 Å². The Labute approximate surface area is 130 Å². The molecule has 0 saturated heterocycles. The highest BCUT2D eigenvalue weighted by Crippen LogP contribution is 2.17. The Morgan fingerprint density at radius 1 is 1.32 bits per heavy atom. The first-order valence-electron chi connectivity index (χ1n) is 6.31. The number of pyridine rings is 1. The van der Waals surface area contributed by atoms with Gasteiger partial charge in [0.25, 0.3) is 5.91 Å². The van der Waals surface area contributed by atoms with E-state index >= 15 is 0 Å². The van der Waals surface area contributed by atoms with E-state index < -0.39 is 24.3 Å². The predicted molar refractivity (Wildman–Crippen MR) is 81.3 cm³/mol. The fraction of sp³-hybridized carbons (Fsp3) is 0.133. The number of nitrogens with zero attached hydrogens (tertiary/aromatic N) is 1. The summed E-state index contributed by atoms with van der Waals surface area (Å²) in [6.07, 6.45) is 3.36. The number of rotatable bonds is 5. The van der Waals surface area contributed by atoms with Gasteiger partial charge in [0.2, 0.25) is 0 Å². The average molecular weight is 320 g/mol. The van der Waals surface area contributed by atoms with Gasteiger partial charge in [0.1, 0.15) is 10.8 Å². The molecular formula is C15H13FN2O3S. The molecule has 0 unspecified atom stereocenters. The van der Waals surface area contributed by atoms with E-state index in [1.807, 2.05) is 0 Å². The van der Waals surface area contributed by atoms with Crippen LogP contribution >= 0.6 is 11.8 Å². The van der Waals surface area contributed by atoms with Gasteiger partial charge < -0.3 is 10.1 Å². The van der Waals surface area contributed by atoms with Crippen molar-refractivity contribution in [3.05, 3.63) is 54.0 Å². The molecule has 0 radical (unpaired) electrons. The highest BCUT2D eigenvalue weighted by atomic mass is 32.2. The fourth-order valence-electron chi connectivity index (χ4n) is 1.68. The van der Waals surface area contributed by atoms with Gasteiger partial charge in [-0.3, -0.25) is 4.79 Å². The molecule has 114 valence electrons. The highest BCUT2D eigenvalue weighted by molar-refractivity contribution is 7.98. The Balaban J connectivity index is 1.92. The molecule has 1 N–H and O–H groups in total. The smallest absolute Gasteiger partial charge is 0.341 e. The topological polar surface area (TPSA) is 68.3 Å². The van der Waals surface area contributed by atoms with Crippen molar-refractivity contribution in [2.24, 2.45) is 0 Å². The van der Waals surface area contributed by atoms with Gasteiger partial charge in [-0.05, 0) is 36.6 Å². The molecule has 2 rings (SSSR count). The number of ether oxygens (including phenoxy) is 1. The molecule has 0 saturated carbocycles. The summed E-state index contributed by atoms with van der Waals surface area (Å²) in [5, 5.41) is 2.97. The quantitative estimate of drug-likeness (QED) is 0.678. The van der Waals surface area contributed by atoms with E-state index in [2.05, 4.69) is 10.3 Å². The van der Waals surface area contributed by atoms with Gasteiger partial charge in [-0.1, -0.05) is 6.07 Å². The van der Waals surface area contributed by atoms with Crippen molar-refractivity contribution in [1.82, 2.24) is 4.98 Å². The van der Waals surface area contributed by atoms with E-state index in [9.17, 15) is 14.0 Å². The largest absolute Gasteiger partial charge is 0.452 e. The van der Waals surface area contributed by atoms with Gasteiger partial charge in [0.15, 0.2) is 6.61 Å². The van der Waals surface area contributed by atoms with E-state index in [4.69, 9.17) is 4.74 Å². The third-order valence-electron chi connectivity index (χ3n) is 2.63. The second-order valence-corrected chi connectivity index (χ2v) is 4.99. The van der Waals surface area contributed by atoms with Gasteiger partial charge in [-0.15, -0.1) is 11.8 Å². The molecule has 1 heterocycles. The maximum Gasteiger partial charge on any atom is 0.341 e. The van der Waals surface area contributed by atoms with Crippen LogP contribution in [0.3, 0.4) is 0 Å². The molecule has 0 bridgehead atoms. The van der Waals surface area contributed by atoms with Crippen LogP contribution < -0.4 is 5.32 Å². The number of esters is 1. The molecule has 1 aromatic carbocycles. The predicted octanol–water partition coefficient (Wildman–Crippen LogP) is 2.74. The second kappa shape index (κ2) is 7.56. The molecule has 7 heteroatoms. The number of hydrogen-bond donors (Lipinski definition) is 1. The Hall–Kier alpha value is -2.41. The molecule has 0 atom stereocenters. The summed E-state index contributed by atoms with van der Waals surface area (Å²) in [6, 6.07) is 8.64. The highest BCUT2D eigenvalue weighted by Gasteiger charge is 2.14. The maximum atomic E-state index is 13.0. The van der Waals surface area contributed by atoms with Crippen molar-refractivity contribution in [1.29, 1.82) is 0 Å². The third kappa shape index (κ3) is 4.29. The average Bonchev–Trinajstić information content (AvgIpc) is 2.52. The molecule has 1 aromatic heterocycles. The lowest BCUT2D eigenvalue weighted by atomic mass is 10.3. The zero-order valence-corrected chi connectivity index (χ0v) is 12.5. The van der Waals surface area contributed by atoms with Crippen molar-refractivity contribution < 1.29 is 18.7 Å². The molecule has 2 aromatic rings. The Kier molecular flexibility index (Phi) is 5.48. The van der Waals surface area contributed by atoms with Gasteiger partial charge >= 0.3 is 5.97 Å². The lowest BCUT2D eigenvalue weighted by Crippen LogP contribution is -2.21. The number of amides is 1. The van der Waals surface area contributed by atoms with Crippen LogP contribution in [0.2, 0.25) is 0 Å². The van der Waals surface area contributed by atoms with Crippen LogP contribution in [-0.2, 0) is 9.53 Å². The summed E-state index contributed by atoms with van der Waals surface area (Å²) in [5.74, 6) is -1.64. The van der Waals surface area contributed by atoms with Crippen molar-refractivity contribution in [2.45, 2.75) is 5.03 Å². The van der Waals surface area contributed by atoms with Crippen LogP contribution in [-0.4, -0.2) is 29.7 Å². The number of nitrogens with one attached hydrogen (secondary N) is 1. The van der Waals surface area contributed by atoms with Crippen LogP contribution in [0.1, 0.15) is 10.4 Å². The minimum atomic E-state index is -0.633. The van der Waals surface area contributed by atoms with E-state index in [1.165, 1.54) is 36.0 Å². The van der Waals surface area contributed by atoms with Crippen LogP contribution in [0.25, 0.3) is 0 Å². The molecule has 0 spiro atoms. The molecule has 0 fully saturated rings. The molecular weight excluding hydrogens is 307 g/mol. The summed E-state index contributed by atoms with van der Waals surface area (Å²) in [5.41, 5.74) is 0.598. The summed E-state index contributed by atoms with van der Waals surface area (Å²) >= 11 is 1.31. The first-order valence-corrected chi connectivity index (χ1v) is 7.54. The Morgan fingerprint density at radius 3 is 2.86 bits per heavy atom. The summed E-state index contributed by atoms with van der Waals surface area (Å²) in [4.78, 5) is 27.6. The zero-order chi connectivity index (χ0) is 15.9. The SMILES string of the molecule is CSc1ncccc1C(=O)OCC(=O)Nc1cccc(F)c1.